The monoisotopic (exact) mass is 504 g/mol. The van der Waals surface area contributed by atoms with Crippen LogP contribution in [-0.2, 0) is 38.5 Å². The molecule has 0 fully saturated rings. The van der Waals surface area contributed by atoms with Gasteiger partial charge in [0.15, 0.2) is 0 Å². The Morgan fingerprint density at radius 1 is 0.474 bits per heavy atom. The van der Waals surface area contributed by atoms with Crippen molar-refractivity contribution in [2.24, 2.45) is 0 Å². The third kappa shape index (κ3) is 4.90. The molecule has 0 heterocycles. The standard InChI is InChI=1S/C34H32O4/c1-3-7-21-13-27-18-25-11-5-9-23(31(25)35)17-24-10-6-12-26(32(24)36)19-28-14-22(8-4-2)16-30(34(28)38)20-29(15-21)33(27)37/h3-6,9-16,35-38H,1-2,7-8,17-20H2. The maximum atomic E-state index is 11.4. The normalized spacial score (nSPS) is 12.6. The second-order valence-electron chi connectivity index (χ2n) is 10.1. The minimum absolute atomic E-state index is 0.160. The Morgan fingerprint density at radius 3 is 1.05 bits per heavy atom. The van der Waals surface area contributed by atoms with E-state index >= 15 is 0 Å². The van der Waals surface area contributed by atoms with Crippen molar-refractivity contribution in [1.29, 1.82) is 0 Å². The zero-order valence-electron chi connectivity index (χ0n) is 21.4. The van der Waals surface area contributed by atoms with E-state index < -0.39 is 0 Å². The van der Waals surface area contributed by atoms with Crippen molar-refractivity contribution >= 4 is 0 Å². The molecule has 0 aliphatic heterocycles. The van der Waals surface area contributed by atoms with E-state index in [4.69, 9.17) is 0 Å². The van der Waals surface area contributed by atoms with E-state index in [1.54, 1.807) is 0 Å². The van der Waals surface area contributed by atoms with Gasteiger partial charge < -0.3 is 20.4 Å². The zero-order chi connectivity index (χ0) is 26.8. The molecule has 8 bridgehead atoms. The molecule has 4 nitrogen and oxygen atoms in total. The fourth-order valence-corrected chi connectivity index (χ4v) is 5.45. The fraction of sp³-hybridized carbons (Fsp3) is 0.176. The molecule has 0 aromatic heterocycles. The highest BCUT2D eigenvalue weighted by molar-refractivity contribution is 5.56. The van der Waals surface area contributed by atoms with Gasteiger partial charge in [-0.15, -0.1) is 13.2 Å². The number of phenolic OH excluding ortho intramolecular Hbond substituents is 4. The minimum atomic E-state index is 0.160. The van der Waals surface area contributed by atoms with Crippen LogP contribution in [0.25, 0.3) is 0 Å². The maximum Gasteiger partial charge on any atom is 0.122 e. The van der Waals surface area contributed by atoms with Crippen molar-refractivity contribution in [2.45, 2.75) is 38.5 Å². The molecule has 0 unspecified atom stereocenters. The van der Waals surface area contributed by atoms with Gasteiger partial charge in [-0.2, -0.15) is 0 Å². The first-order chi connectivity index (χ1) is 18.4. The molecule has 0 radical (unpaired) electrons. The molecule has 0 amide bonds. The van der Waals surface area contributed by atoms with Gasteiger partial charge in [-0.05, 0) is 68.5 Å². The van der Waals surface area contributed by atoms with Gasteiger partial charge in [-0.25, -0.2) is 0 Å². The molecule has 4 heteroatoms. The summed E-state index contributed by atoms with van der Waals surface area (Å²) in [4.78, 5) is 0. The number of para-hydroxylation sites is 2. The fourth-order valence-electron chi connectivity index (χ4n) is 5.45. The van der Waals surface area contributed by atoms with Crippen molar-refractivity contribution in [3.8, 4) is 23.0 Å². The second kappa shape index (κ2) is 10.5. The van der Waals surface area contributed by atoms with Crippen molar-refractivity contribution < 1.29 is 20.4 Å². The molecule has 1 aliphatic rings. The lowest BCUT2D eigenvalue weighted by Crippen LogP contribution is -2.02. The van der Waals surface area contributed by atoms with Gasteiger partial charge in [-0.3, -0.25) is 0 Å². The summed E-state index contributed by atoms with van der Waals surface area (Å²) in [6.07, 6.45) is 6.26. The van der Waals surface area contributed by atoms with Crippen LogP contribution in [0.4, 0.5) is 0 Å². The SMILES string of the molecule is C=CCc1cc2c(O)c(c1)Cc1cc(CC=C)cc(c1O)Cc1cccc(c1O)Cc1cccc(c1O)C2. The van der Waals surface area contributed by atoms with E-state index in [2.05, 4.69) is 13.2 Å². The Balaban J connectivity index is 1.76. The van der Waals surface area contributed by atoms with Crippen LogP contribution in [0.15, 0.2) is 86.0 Å². The number of allylic oxidation sites excluding steroid dienone is 2. The highest BCUT2D eigenvalue weighted by Gasteiger charge is 2.20. The zero-order valence-corrected chi connectivity index (χ0v) is 21.4. The lowest BCUT2D eigenvalue weighted by Gasteiger charge is -2.18. The largest absolute Gasteiger partial charge is 0.507 e. The molecule has 38 heavy (non-hydrogen) atoms. The molecule has 1 aliphatic carbocycles. The summed E-state index contributed by atoms with van der Waals surface area (Å²) in [6.45, 7) is 7.75. The molecule has 4 aromatic rings. The van der Waals surface area contributed by atoms with Crippen LogP contribution in [0.3, 0.4) is 0 Å². The summed E-state index contributed by atoms with van der Waals surface area (Å²) in [6, 6.07) is 19.0. The third-order valence-electron chi connectivity index (χ3n) is 7.35. The van der Waals surface area contributed by atoms with Gasteiger partial charge in [-0.1, -0.05) is 72.8 Å². The average molecular weight is 505 g/mol. The molecule has 5 rings (SSSR count). The van der Waals surface area contributed by atoms with Gasteiger partial charge in [0.25, 0.3) is 0 Å². The summed E-state index contributed by atoms with van der Waals surface area (Å²) in [5.41, 5.74) is 7.58. The van der Waals surface area contributed by atoms with E-state index in [-0.39, 0.29) is 23.0 Å². The summed E-state index contributed by atoms with van der Waals surface area (Å²) in [5, 5.41) is 45.1. The Morgan fingerprint density at radius 2 is 0.737 bits per heavy atom. The van der Waals surface area contributed by atoms with Crippen LogP contribution < -0.4 is 0 Å². The predicted octanol–water partition coefficient (Wildman–Crippen LogP) is 6.64. The van der Waals surface area contributed by atoms with Gasteiger partial charge in [0.2, 0.25) is 0 Å². The number of aromatic hydroxyl groups is 4. The maximum absolute atomic E-state index is 11.4. The van der Waals surface area contributed by atoms with Crippen LogP contribution >= 0.6 is 0 Å². The summed E-state index contributed by atoms with van der Waals surface area (Å²) in [5.74, 6) is 0.646. The van der Waals surface area contributed by atoms with Crippen molar-refractivity contribution in [3.63, 3.8) is 0 Å². The molecular weight excluding hydrogens is 472 g/mol. The van der Waals surface area contributed by atoms with E-state index in [1.165, 1.54) is 0 Å². The molecule has 4 aromatic carbocycles. The Hall–Kier alpha value is -4.44. The number of benzene rings is 4. The van der Waals surface area contributed by atoms with Crippen molar-refractivity contribution in [3.05, 3.63) is 142 Å². The number of hydrogen-bond acceptors (Lipinski definition) is 4. The Bertz CT molecular complexity index is 1430. The second-order valence-corrected chi connectivity index (χ2v) is 10.1. The highest BCUT2D eigenvalue weighted by Crippen LogP contribution is 2.38. The predicted molar refractivity (Wildman–Crippen MR) is 151 cm³/mol. The number of phenols is 4. The first kappa shape index (κ1) is 25.2. The lowest BCUT2D eigenvalue weighted by molar-refractivity contribution is 0.450. The quantitative estimate of drug-likeness (QED) is 0.207. The molecule has 0 saturated heterocycles. The van der Waals surface area contributed by atoms with Crippen LogP contribution in [0, 0.1) is 0 Å². The molecular formula is C34H32O4. The van der Waals surface area contributed by atoms with Crippen LogP contribution in [-0.4, -0.2) is 20.4 Å². The van der Waals surface area contributed by atoms with Crippen molar-refractivity contribution in [1.82, 2.24) is 0 Å². The van der Waals surface area contributed by atoms with Gasteiger partial charge in [0.05, 0.1) is 0 Å². The van der Waals surface area contributed by atoms with Gasteiger partial charge >= 0.3 is 0 Å². The highest BCUT2D eigenvalue weighted by atomic mass is 16.3. The Labute approximate surface area is 223 Å². The van der Waals surface area contributed by atoms with Gasteiger partial charge in [0, 0.05) is 25.7 Å². The summed E-state index contributed by atoms with van der Waals surface area (Å²) < 4.78 is 0. The van der Waals surface area contributed by atoms with Crippen LogP contribution in [0.1, 0.15) is 55.6 Å². The number of rotatable bonds is 4. The molecule has 0 atom stereocenters. The van der Waals surface area contributed by atoms with Crippen LogP contribution in [0.2, 0.25) is 0 Å². The van der Waals surface area contributed by atoms with Crippen molar-refractivity contribution in [2.75, 3.05) is 0 Å². The molecule has 4 N–H and O–H groups in total. The van der Waals surface area contributed by atoms with E-state index in [1.807, 2.05) is 72.8 Å². The third-order valence-corrected chi connectivity index (χ3v) is 7.35. The van der Waals surface area contributed by atoms with Gasteiger partial charge in [0.1, 0.15) is 23.0 Å². The van der Waals surface area contributed by atoms with E-state index in [0.717, 1.165) is 11.1 Å². The topological polar surface area (TPSA) is 80.9 Å². The van der Waals surface area contributed by atoms with E-state index in [9.17, 15) is 20.4 Å². The van der Waals surface area contributed by atoms with Crippen LogP contribution in [0.5, 0.6) is 23.0 Å². The average Bonchev–Trinajstić information content (AvgIpc) is 2.89. The molecule has 192 valence electrons. The number of hydrogen-bond donors (Lipinski definition) is 4. The lowest BCUT2D eigenvalue weighted by atomic mass is 9.89. The summed E-state index contributed by atoms with van der Waals surface area (Å²) >= 11 is 0. The first-order valence-corrected chi connectivity index (χ1v) is 12.9. The Kier molecular flexibility index (Phi) is 6.97. The molecule has 0 saturated carbocycles. The van der Waals surface area contributed by atoms with E-state index in [0.29, 0.717) is 83.0 Å². The molecule has 0 spiro atoms. The first-order valence-electron chi connectivity index (χ1n) is 12.9. The summed E-state index contributed by atoms with van der Waals surface area (Å²) in [7, 11) is 0. The smallest absolute Gasteiger partial charge is 0.122 e. The number of fused-ring (bicyclic) bond motifs is 8. The minimum Gasteiger partial charge on any atom is -0.507 e.